The molecule has 2 heterocycles. The molecule has 1 aliphatic heterocycles. The number of sulfone groups is 1. The summed E-state index contributed by atoms with van der Waals surface area (Å²) >= 11 is 0. The van der Waals surface area contributed by atoms with Gasteiger partial charge in [-0.2, -0.15) is 5.10 Å². The molecule has 0 bridgehead atoms. The fourth-order valence-electron chi connectivity index (χ4n) is 3.14. The Morgan fingerprint density at radius 3 is 2.58 bits per heavy atom. The van der Waals surface area contributed by atoms with E-state index in [4.69, 9.17) is 4.74 Å². The van der Waals surface area contributed by atoms with Crippen molar-refractivity contribution in [2.75, 3.05) is 7.11 Å². The first-order chi connectivity index (χ1) is 12.4. The maximum Gasteiger partial charge on any atom is 0.356 e. The molecule has 2 aromatic carbocycles. The smallest absolute Gasteiger partial charge is 0.356 e. The van der Waals surface area contributed by atoms with E-state index >= 15 is 0 Å². The predicted molar refractivity (Wildman–Crippen MR) is 93.4 cm³/mol. The van der Waals surface area contributed by atoms with E-state index in [1.807, 2.05) is 6.07 Å². The van der Waals surface area contributed by atoms with E-state index in [1.165, 1.54) is 17.9 Å². The Morgan fingerprint density at radius 2 is 1.92 bits per heavy atom. The van der Waals surface area contributed by atoms with Crippen LogP contribution in [0.4, 0.5) is 0 Å². The van der Waals surface area contributed by atoms with E-state index in [0.29, 0.717) is 22.7 Å². The van der Waals surface area contributed by atoms with Gasteiger partial charge in [0, 0.05) is 11.1 Å². The number of para-hydroxylation sites is 1. The van der Waals surface area contributed by atoms with Gasteiger partial charge in [-0.25, -0.2) is 17.9 Å². The van der Waals surface area contributed by atoms with Gasteiger partial charge in [-0.3, -0.25) is 0 Å². The van der Waals surface area contributed by atoms with Crippen LogP contribution < -0.4 is 4.74 Å². The Labute approximate surface area is 149 Å². The minimum atomic E-state index is -3.71. The largest absolute Gasteiger partial charge is 0.497 e. The van der Waals surface area contributed by atoms with Crippen molar-refractivity contribution in [3.8, 4) is 22.7 Å². The standard InChI is InChI=1S/C18H14N2O5S/c1-25-12-7-8-13-15(9-12)26(23,24)10-14-16(18(21)22)19-20(17(13)14)11-5-3-2-4-6-11/h2-9H,10H2,1H3,(H,21,22). The Hall–Kier alpha value is -3.13. The zero-order valence-corrected chi connectivity index (χ0v) is 14.5. The normalized spacial score (nSPS) is 14.3. The predicted octanol–water partition coefficient (Wildman–Crippen LogP) is 2.53. The summed E-state index contributed by atoms with van der Waals surface area (Å²) in [5, 5.41) is 13.7. The van der Waals surface area contributed by atoms with Crippen molar-refractivity contribution in [2.24, 2.45) is 0 Å². The third-order valence-electron chi connectivity index (χ3n) is 4.30. The van der Waals surface area contributed by atoms with Gasteiger partial charge in [0.2, 0.25) is 0 Å². The summed E-state index contributed by atoms with van der Waals surface area (Å²) in [6.45, 7) is 0. The lowest BCUT2D eigenvalue weighted by molar-refractivity contribution is 0.0689. The van der Waals surface area contributed by atoms with Crippen LogP contribution in [0.1, 0.15) is 16.1 Å². The molecular weight excluding hydrogens is 356 g/mol. The van der Waals surface area contributed by atoms with E-state index in [0.717, 1.165) is 0 Å². The highest BCUT2D eigenvalue weighted by Gasteiger charge is 2.36. The van der Waals surface area contributed by atoms with Gasteiger partial charge in [0.15, 0.2) is 15.5 Å². The average Bonchev–Trinajstić information content (AvgIpc) is 3.01. The fraction of sp³-hybridized carbons (Fsp3) is 0.111. The van der Waals surface area contributed by atoms with E-state index in [1.54, 1.807) is 36.4 Å². The Balaban J connectivity index is 2.09. The topological polar surface area (TPSA) is 98.5 Å². The molecule has 1 aromatic heterocycles. The summed E-state index contributed by atoms with van der Waals surface area (Å²) in [6, 6.07) is 13.7. The SMILES string of the molecule is COc1ccc2c(c1)S(=O)(=O)Cc1c(C(=O)O)nn(-c3ccccc3)c1-2. The first-order valence-electron chi connectivity index (χ1n) is 7.74. The number of carbonyl (C=O) groups is 1. The summed E-state index contributed by atoms with van der Waals surface area (Å²) < 4.78 is 32.1. The van der Waals surface area contributed by atoms with Crippen molar-refractivity contribution in [3.05, 3.63) is 59.8 Å². The zero-order valence-electron chi connectivity index (χ0n) is 13.7. The summed E-state index contributed by atoms with van der Waals surface area (Å²) in [5.41, 5.74) is 1.47. The minimum Gasteiger partial charge on any atom is -0.497 e. The molecule has 0 fully saturated rings. The number of ether oxygens (including phenoxy) is 1. The molecule has 0 aliphatic carbocycles. The maximum absolute atomic E-state index is 12.7. The first kappa shape index (κ1) is 16.3. The number of aromatic nitrogens is 2. The van der Waals surface area contributed by atoms with Gasteiger partial charge in [-0.15, -0.1) is 0 Å². The highest BCUT2D eigenvalue weighted by molar-refractivity contribution is 7.90. The molecular formula is C18H14N2O5S. The van der Waals surface area contributed by atoms with Crippen molar-refractivity contribution in [2.45, 2.75) is 10.6 Å². The lowest BCUT2D eigenvalue weighted by atomic mass is 10.1. The number of methoxy groups -OCH3 is 1. The quantitative estimate of drug-likeness (QED) is 0.761. The Morgan fingerprint density at radius 1 is 1.19 bits per heavy atom. The minimum absolute atomic E-state index is 0.110. The number of carboxylic acids is 1. The molecule has 7 nitrogen and oxygen atoms in total. The number of nitrogens with zero attached hydrogens (tertiary/aromatic N) is 2. The van der Waals surface area contributed by atoms with Gasteiger partial charge in [0.1, 0.15) is 5.75 Å². The van der Waals surface area contributed by atoms with Gasteiger partial charge in [-0.1, -0.05) is 18.2 Å². The molecule has 0 spiro atoms. The molecule has 3 aromatic rings. The monoisotopic (exact) mass is 370 g/mol. The number of fused-ring (bicyclic) bond motifs is 3. The molecule has 4 rings (SSSR count). The van der Waals surface area contributed by atoms with Crippen LogP contribution in [-0.4, -0.2) is 36.4 Å². The third kappa shape index (κ3) is 2.38. The lowest BCUT2D eigenvalue weighted by Crippen LogP contribution is -2.15. The lowest BCUT2D eigenvalue weighted by Gasteiger charge is -2.19. The second kappa shape index (κ2) is 5.70. The van der Waals surface area contributed by atoms with Crippen molar-refractivity contribution in [1.82, 2.24) is 9.78 Å². The highest BCUT2D eigenvalue weighted by atomic mass is 32.2. The molecule has 26 heavy (non-hydrogen) atoms. The molecule has 0 amide bonds. The number of benzene rings is 2. The van der Waals surface area contributed by atoms with Crippen LogP contribution in [0.25, 0.3) is 16.9 Å². The Bertz CT molecular complexity index is 1130. The molecule has 8 heteroatoms. The maximum atomic E-state index is 12.7. The van der Waals surface area contributed by atoms with E-state index in [9.17, 15) is 18.3 Å². The summed E-state index contributed by atoms with van der Waals surface area (Å²) in [7, 11) is -2.25. The number of hydrogen-bond donors (Lipinski definition) is 1. The molecule has 1 aliphatic rings. The third-order valence-corrected chi connectivity index (χ3v) is 5.98. The van der Waals surface area contributed by atoms with Gasteiger partial charge < -0.3 is 9.84 Å². The van der Waals surface area contributed by atoms with Crippen LogP contribution in [0.3, 0.4) is 0 Å². The van der Waals surface area contributed by atoms with Crippen LogP contribution in [-0.2, 0) is 15.6 Å². The second-order valence-electron chi connectivity index (χ2n) is 5.85. The van der Waals surface area contributed by atoms with E-state index in [-0.39, 0.29) is 16.2 Å². The van der Waals surface area contributed by atoms with Gasteiger partial charge in [0.05, 0.1) is 29.1 Å². The average molecular weight is 370 g/mol. The van der Waals surface area contributed by atoms with Crippen molar-refractivity contribution >= 4 is 15.8 Å². The molecule has 1 N–H and O–H groups in total. The van der Waals surface area contributed by atoms with E-state index < -0.39 is 21.6 Å². The summed E-state index contributed by atoms with van der Waals surface area (Å²) in [4.78, 5) is 11.8. The van der Waals surface area contributed by atoms with Gasteiger partial charge >= 0.3 is 5.97 Å². The number of rotatable bonds is 3. The number of aromatic carboxylic acids is 1. The van der Waals surface area contributed by atoms with Gasteiger partial charge in [0.25, 0.3) is 0 Å². The molecule has 0 radical (unpaired) electrons. The highest BCUT2D eigenvalue weighted by Crippen LogP contribution is 2.41. The first-order valence-corrected chi connectivity index (χ1v) is 9.39. The van der Waals surface area contributed by atoms with Crippen molar-refractivity contribution < 1.29 is 23.1 Å². The van der Waals surface area contributed by atoms with Crippen LogP contribution in [0.2, 0.25) is 0 Å². The van der Waals surface area contributed by atoms with Crippen LogP contribution in [0.5, 0.6) is 5.75 Å². The van der Waals surface area contributed by atoms with Crippen molar-refractivity contribution in [1.29, 1.82) is 0 Å². The fourth-order valence-corrected chi connectivity index (χ4v) is 4.75. The second-order valence-corrected chi connectivity index (χ2v) is 7.81. The number of carboxylic acid groups (broad SMARTS) is 1. The van der Waals surface area contributed by atoms with Crippen LogP contribution in [0.15, 0.2) is 53.4 Å². The molecule has 0 saturated heterocycles. The number of hydrogen-bond acceptors (Lipinski definition) is 5. The summed E-state index contributed by atoms with van der Waals surface area (Å²) in [5.74, 6) is -1.26. The molecule has 0 unspecified atom stereocenters. The molecule has 0 saturated carbocycles. The Kier molecular flexibility index (Phi) is 3.58. The van der Waals surface area contributed by atoms with Crippen molar-refractivity contribution in [3.63, 3.8) is 0 Å². The van der Waals surface area contributed by atoms with Crippen LogP contribution in [0, 0.1) is 0 Å². The van der Waals surface area contributed by atoms with E-state index in [2.05, 4.69) is 5.10 Å². The molecule has 0 atom stereocenters. The van der Waals surface area contributed by atoms with Gasteiger partial charge in [-0.05, 0) is 30.3 Å². The zero-order chi connectivity index (χ0) is 18.5. The molecule has 132 valence electrons. The van der Waals surface area contributed by atoms with Crippen LogP contribution >= 0.6 is 0 Å². The summed E-state index contributed by atoms with van der Waals surface area (Å²) in [6.07, 6.45) is 0.